The first-order valence-corrected chi connectivity index (χ1v) is 6.67. The number of aromatic nitrogens is 2. The minimum Gasteiger partial charge on any atom is -0.336 e. The van der Waals surface area contributed by atoms with Crippen LogP contribution in [0.4, 0.5) is 4.39 Å². The molecule has 0 aliphatic rings. The Morgan fingerprint density at radius 3 is 2.53 bits per heavy atom. The molecule has 0 saturated carbocycles. The number of halogens is 1. The number of nitrogens with zero attached hydrogens (tertiary/aromatic N) is 2. The third kappa shape index (κ3) is 2.91. The van der Waals surface area contributed by atoms with Gasteiger partial charge in [0, 0.05) is 18.9 Å². The van der Waals surface area contributed by atoms with Crippen molar-refractivity contribution in [3.63, 3.8) is 0 Å². The zero-order valence-electron chi connectivity index (χ0n) is 8.95. The molecule has 1 aromatic heterocycles. The van der Waals surface area contributed by atoms with E-state index in [-0.39, 0.29) is 10.6 Å². The Kier molecular flexibility index (Phi) is 3.23. The normalized spacial score (nSPS) is 11.6. The van der Waals surface area contributed by atoms with Crippen LogP contribution in [0.15, 0.2) is 47.9 Å². The molecule has 0 amide bonds. The van der Waals surface area contributed by atoms with Crippen molar-refractivity contribution in [2.24, 2.45) is 0 Å². The summed E-state index contributed by atoms with van der Waals surface area (Å²) in [6, 6.07) is 4.84. The summed E-state index contributed by atoms with van der Waals surface area (Å²) in [4.78, 5) is 3.96. The largest absolute Gasteiger partial charge is 0.336 e. The van der Waals surface area contributed by atoms with E-state index in [9.17, 15) is 12.8 Å². The predicted octanol–water partition coefficient (Wildman–Crippen LogP) is 1.50. The lowest BCUT2D eigenvalue weighted by Gasteiger charge is -2.04. The highest BCUT2D eigenvalue weighted by Crippen LogP contribution is 2.12. The van der Waals surface area contributed by atoms with Crippen molar-refractivity contribution < 1.29 is 12.8 Å². The molecule has 0 radical (unpaired) electrons. The van der Waals surface area contributed by atoms with Gasteiger partial charge in [0.25, 0.3) is 0 Å². The summed E-state index contributed by atoms with van der Waals surface area (Å²) in [5.74, 6) is -0.479. The van der Waals surface area contributed by atoms with Gasteiger partial charge in [-0.05, 0) is 24.3 Å². The summed E-state index contributed by atoms with van der Waals surface area (Å²) in [5, 5.41) is 0. The summed E-state index contributed by atoms with van der Waals surface area (Å²) >= 11 is 0. The Morgan fingerprint density at radius 2 is 1.94 bits per heavy atom. The second-order valence-corrected chi connectivity index (χ2v) is 5.68. The van der Waals surface area contributed by atoms with Crippen molar-refractivity contribution in [2.75, 3.05) is 5.75 Å². The van der Waals surface area contributed by atoms with E-state index in [1.807, 2.05) is 0 Å². The van der Waals surface area contributed by atoms with Crippen molar-refractivity contribution in [1.29, 1.82) is 0 Å². The maximum Gasteiger partial charge on any atom is 0.180 e. The van der Waals surface area contributed by atoms with E-state index in [0.717, 1.165) is 12.1 Å². The summed E-state index contributed by atoms with van der Waals surface area (Å²) in [6.45, 7) is 0.333. The highest BCUT2D eigenvalue weighted by Gasteiger charge is 2.14. The molecule has 0 N–H and O–H groups in total. The van der Waals surface area contributed by atoms with Crippen LogP contribution < -0.4 is 0 Å². The number of sulfone groups is 1. The molecule has 2 aromatic rings. The Hall–Kier alpha value is -1.69. The molecule has 0 saturated heterocycles. The van der Waals surface area contributed by atoms with Gasteiger partial charge in [-0.2, -0.15) is 0 Å². The molecule has 0 fully saturated rings. The number of benzene rings is 1. The van der Waals surface area contributed by atoms with E-state index in [1.165, 1.54) is 12.1 Å². The van der Waals surface area contributed by atoms with Crippen molar-refractivity contribution in [3.8, 4) is 0 Å². The monoisotopic (exact) mass is 254 g/mol. The van der Waals surface area contributed by atoms with Gasteiger partial charge in [-0.3, -0.25) is 0 Å². The van der Waals surface area contributed by atoms with E-state index < -0.39 is 15.7 Å². The third-order valence-electron chi connectivity index (χ3n) is 2.35. The Morgan fingerprint density at radius 1 is 1.24 bits per heavy atom. The number of hydrogen-bond acceptors (Lipinski definition) is 3. The molecule has 0 aliphatic carbocycles. The Balaban J connectivity index is 2.11. The van der Waals surface area contributed by atoms with E-state index in [2.05, 4.69) is 4.98 Å². The molecule has 2 rings (SSSR count). The number of hydrogen-bond donors (Lipinski definition) is 0. The maximum atomic E-state index is 12.7. The van der Waals surface area contributed by atoms with Gasteiger partial charge >= 0.3 is 0 Å². The lowest BCUT2D eigenvalue weighted by atomic mass is 10.4. The van der Waals surface area contributed by atoms with E-state index in [1.54, 1.807) is 23.3 Å². The molecule has 0 aliphatic heterocycles. The van der Waals surface area contributed by atoms with Crippen LogP contribution in [0, 0.1) is 5.82 Å². The van der Waals surface area contributed by atoms with Crippen molar-refractivity contribution in [2.45, 2.75) is 11.4 Å². The fourth-order valence-electron chi connectivity index (χ4n) is 1.40. The zero-order valence-corrected chi connectivity index (χ0v) is 9.77. The molecule has 4 nitrogen and oxygen atoms in total. The lowest BCUT2D eigenvalue weighted by molar-refractivity contribution is 0.587. The van der Waals surface area contributed by atoms with Gasteiger partial charge in [-0.1, -0.05) is 0 Å². The average Bonchev–Trinajstić information content (AvgIpc) is 2.80. The number of aryl methyl sites for hydroxylation is 1. The summed E-state index contributed by atoms with van der Waals surface area (Å²) in [5.41, 5.74) is 0. The molecule has 6 heteroatoms. The van der Waals surface area contributed by atoms with Crippen molar-refractivity contribution in [1.82, 2.24) is 9.55 Å². The second-order valence-electron chi connectivity index (χ2n) is 3.57. The van der Waals surface area contributed by atoms with Crippen LogP contribution >= 0.6 is 0 Å². The SMILES string of the molecule is O=S(=O)(CCn1ccnc1)c1ccc(F)cc1. The number of rotatable bonds is 4. The second kappa shape index (κ2) is 4.67. The summed E-state index contributed by atoms with van der Waals surface area (Å²) < 4.78 is 38.1. The van der Waals surface area contributed by atoms with Gasteiger partial charge in [0.2, 0.25) is 0 Å². The maximum absolute atomic E-state index is 12.7. The Labute approximate surface area is 98.6 Å². The van der Waals surface area contributed by atoms with E-state index >= 15 is 0 Å². The first-order valence-electron chi connectivity index (χ1n) is 5.02. The van der Waals surface area contributed by atoms with E-state index in [4.69, 9.17) is 0 Å². The fourth-order valence-corrected chi connectivity index (χ4v) is 2.64. The standard InChI is InChI=1S/C11H11FN2O2S/c12-10-1-3-11(4-2-10)17(15,16)8-7-14-6-5-13-9-14/h1-6,9H,7-8H2. The molecule has 0 atom stereocenters. The average molecular weight is 254 g/mol. The van der Waals surface area contributed by atoms with Crippen LogP contribution in [0.2, 0.25) is 0 Å². The molecule has 0 spiro atoms. The van der Waals surface area contributed by atoms with Crippen LogP contribution in [0.25, 0.3) is 0 Å². The molecular formula is C11H11FN2O2S. The van der Waals surface area contributed by atoms with Gasteiger partial charge in [0.1, 0.15) is 5.82 Å². The fraction of sp³-hybridized carbons (Fsp3) is 0.182. The van der Waals surface area contributed by atoms with Crippen LogP contribution in [-0.4, -0.2) is 23.7 Å². The van der Waals surface area contributed by atoms with Crippen LogP contribution in [0.5, 0.6) is 0 Å². The smallest absolute Gasteiger partial charge is 0.180 e. The van der Waals surface area contributed by atoms with Crippen molar-refractivity contribution in [3.05, 3.63) is 48.8 Å². The molecule has 1 heterocycles. The van der Waals surface area contributed by atoms with Gasteiger partial charge in [-0.25, -0.2) is 17.8 Å². The summed E-state index contributed by atoms with van der Waals surface area (Å²) in [6.07, 6.45) is 4.84. The molecule has 17 heavy (non-hydrogen) atoms. The molecule has 0 bridgehead atoms. The quantitative estimate of drug-likeness (QED) is 0.777. The van der Waals surface area contributed by atoms with Gasteiger partial charge in [0.05, 0.1) is 17.0 Å². The van der Waals surface area contributed by atoms with Crippen LogP contribution in [0.1, 0.15) is 0 Å². The van der Waals surface area contributed by atoms with Crippen LogP contribution in [-0.2, 0) is 16.4 Å². The summed E-state index contributed by atoms with van der Waals surface area (Å²) in [7, 11) is -3.37. The molecule has 1 aromatic carbocycles. The van der Waals surface area contributed by atoms with Crippen LogP contribution in [0.3, 0.4) is 0 Å². The first-order chi connectivity index (χ1) is 8.08. The highest BCUT2D eigenvalue weighted by atomic mass is 32.2. The minimum atomic E-state index is -3.37. The van der Waals surface area contributed by atoms with E-state index in [0.29, 0.717) is 6.54 Å². The Bertz CT molecular complexity index is 576. The van der Waals surface area contributed by atoms with Gasteiger partial charge in [0.15, 0.2) is 9.84 Å². The predicted molar refractivity (Wildman–Crippen MR) is 60.7 cm³/mol. The first kappa shape index (κ1) is 11.8. The third-order valence-corrected chi connectivity index (χ3v) is 4.06. The van der Waals surface area contributed by atoms with Crippen molar-refractivity contribution >= 4 is 9.84 Å². The number of imidazole rings is 1. The molecule has 0 unspecified atom stereocenters. The topological polar surface area (TPSA) is 52.0 Å². The lowest BCUT2D eigenvalue weighted by Crippen LogP contribution is -2.12. The van der Waals surface area contributed by atoms with Gasteiger partial charge in [-0.15, -0.1) is 0 Å². The van der Waals surface area contributed by atoms with Gasteiger partial charge < -0.3 is 4.57 Å². The minimum absolute atomic E-state index is 0.0327. The highest BCUT2D eigenvalue weighted by molar-refractivity contribution is 7.91. The molecule has 90 valence electrons. The zero-order chi connectivity index (χ0) is 12.3. The molecular weight excluding hydrogens is 243 g/mol.